The fraction of sp³-hybridized carbons (Fsp3) is 0.286. The second-order valence-corrected chi connectivity index (χ2v) is 5.21. The maximum Gasteiger partial charge on any atom is 0.243 e. The number of nitrogens with zero attached hydrogens (tertiary/aromatic N) is 3. The average Bonchev–Trinajstić information content (AvgIpc) is 3.20. The number of imidazole rings is 1. The second kappa shape index (κ2) is 5.23. The van der Waals surface area contributed by atoms with E-state index in [2.05, 4.69) is 35.5 Å². The van der Waals surface area contributed by atoms with Gasteiger partial charge in [0.05, 0.1) is 12.0 Å². The van der Waals surface area contributed by atoms with Crippen LogP contribution >= 0.6 is 0 Å². The number of amides is 1. The summed E-state index contributed by atoms with van der Waals surface area (Å²) in [7, 11) is 0. The molecule has 1 aromatic carbocycles. The van der Waals surface area contributed by atoms with Gasteiger partial charge in [-0.05, 0) is 28.0 Å². The Kier molecular flexibility index (Phi) is 3.08. The highest BCUT2D eigenvalue weighted by Gasteiger charge is 2.28. The number of carbonyl (C=O) groups is 1. The molecule has 0 fully saturated rings. The molecular weight excluding hydrogens is 284 g/mol. The van der Waals surface area contributed by atoms with E-state index >= 15 is 0 Å². The Labute approximate surface area is 125 Å². The standard InChI is InChI=1S/C14H14N6O2/c21-14(13-12-10(3-4-15-13)17-7-18-12)16-6-8-1-2-9-11(5-8)20-22-19-9/h1-2,5,7,13,15H,3-4,6H2,(H,16,21)(H,17,18)/t13-/m0/s1. The number of carbonyl (C=O) groups excluding carboxylic acids is 1. The number of nitrogens with one attached hydrogen (secondary N) is 3. The topological polar surface area (TPSA) is 109 Å². The van der Waals surface area contributed by atoms with Crippen LogP contribution in [0.2, 0.25) is 0 Å². The molecule has 0 unspecified atom stereocenters. The van der Waals surface area contributed by atoms with Crippen molar-refractivity contribution in [2.45, 2.75) is 19.0 Å². The summed E-state index contributed by atoms with van der Waals surface area (Å²) in [6.07, 6.45) is 2.48. The quantitative estimate of drug-likeness (QED) is 0.648. The molecule has 2 aromatic heterocycles. The van der Waals surface area contributed by atoms with E-state index in [4.69, 9.17) is 0 Å². The van der Waals surface area contributed by atoms with E-state index in [0.29, 0.717) is 17.6 Å². The van der Waals surface area contributed by atoms with Crippen LogP contribution in [-0.4, -0.2) is 32.7 Å². The van der Waals surface area contributed by atoms with E-state index in [0.717, 1.165) is 29.9 Å². The predicted molar refractivity (Wildman–Crippen MR) is 76.7 cm³/mol. The molecule has 4 rings (SSSR count). The summed E-state index contributed by atoms with van der Waals surface area (Å²) in [6, 6.07) is 5.15. The molecule has 0 saturated heterocycles. The third-order valence-corrected chi connectivity index (χ3v) is 3.80. The third kappa shape index (κ3) is 2.23. The highest BCUT2D eigenvalue weighted by molar-refractivity contribution is 5.83. The van der Waals surface area contributed by atoms with Gasteiger partial charge in [-0.25, -0.2) is 9.61 Å². The summed E-state index contributed by atoms with van der Waals surface area (Å²) >= 11 is 0. The molecule has 0 radical (unpaired) electrons. The second-order valence-electron chi connectivity index (χ2n) is 5.21. The van der Waals surface area contributed by atoms with E-state index in [1.807, 2.05) is 18.2 Å². The maximum absolute atomic E-state index is 12.4. The first-order valence-electron chi connectivity index (χ1n) is 7.06. The van der Waals surface area contributed by atoms with Crippen molar-refractivity contribution in [3.8, 4) is 0 Å². The molecule has 1 amide bonds. The zero-order valence-electron chi connectivity index (χ0n) is 11.7. The lowest BCUT2D eigenvalue weighted by Gasteiger charge is -2.22. The molecule has 3 N–H and O–H groups in total. The van der Waals surface area contributed by atoms with Crippen molar-refractivity contribution in [2.75, 3.05) is 6.54 Å². The molecule has 112 valence electrons. The van der Waals surface area contributed by atoms with Gasteiger partial charge in [0.25, 0.3) is 0 Å². The van der Waals surface area contributed by atoms with Crippen molar-refractivity contribution < 1.29 is 9.42 Å². The molecule has 8 heteroatoms. The number of hydrogen-bond acceptors (Lipinski definition) is 6. The van der Waals surface area contributed by atoms with Gasteiger partial charge in [-0.2, -0.15) is 0 Å². The smallest absolute Gasteiger partial charge is 0.243 e. The highest BCUT2D eigenvalue weighted by atomic mass is 16.6. The molecule has 0 aliphatic carbocycles. The van der Waals surface area contributed by atoms with Crippen LogP contribution < -0.4 is 10.6 Å². The third-order valence-electron chi connectivity index (χ3n) is 3.80. The minimum absolute atomic E-state index is 0.0913. The van der Waals surface area contributed by atoms with Crippen LogP contribution in [-0.2, 0) is 17.8 Å². The van der Waals surface area contributed by atoms with Gasteiger partial charge in [0.1, 0.15) is 17.1 Å². The van der Waals surface area contributed by atoms with E-state index in [1.165, 1.54) is 0 Å². The van der Waals surface area contributed by atoms with Crippen molar-refractivity contribution >= 4 is 16.9 Å². The summed E-state index contributed by atoms with van der Waals surface area (Å²) in [5.41, 5.74) is 4.12. The van der Waals surface area contributed by atoms with Crippen molar-refractivity contribution in [3.63, 3.8) is 0 Å². The van der Waals surface area contributed by atoms with Gasteiger partial charge in [-0.3, -0.25) is 4.79 Å². The monoisotopic (exact) mass is 298 g/mol. The molecule has 1 aliphatic rings. The Morgan fingerprint density at radius 1 is 1.36 bits per heavy atom. The molecule has 0 spiro atoms. The van der Waals surface area contributed by atoms with Gasteiger partial charge in [0.2, 0.25) is 5.91 Å². The number of H-pyrrole nitrogens is 1. The number of aromatic amines is 1. The minimum atomic E-state index is -0.410. The molecule has 22 heavy (non-hydrogen) atoms. The number of fused-ring (bicyclic) bond motifs is 2. The lowest BCUT2D eigenvalue weighted by Crippen LogP contribution is -2.41. The number of aromatic nitrogens is 4. The first-order valence-corrected chi connectivity index (χ1v) is 7.06. The van der Waals surface area contributed by atoms with Crippen molar-refractivity contribution in [1.82, 2.24) is 30.9 Å². The van der Waals surface area contributed by atoms with E-state index < -0.39 is 6.04 Å². The fourth-order valence-electron chi connectivity index (χ4n) is 2.66. The summed E-state index contributed by atoms with van der Waals surface area (Å²) in [5.74, 6) is -0.0913. The number of hydrogen-bond donors (Lipinski definition) is 3. The van der Waals surface area contributed by atoms with Crippen molar-refractivity contribution in [3.05, 3.63) is 41.5 Å². The summed E-state index contributed by atoms with van der Waals surface area (Å²) in [6.45, 7) is 1.17. The Morgan fingerprint density at radius 2 is 2.27 bits per heavy atom. The van der Waals surface area contributed by atoms with E-state index in [1.54, 1.807) is 6.33 Å². The van der Waals surface area contributed by atoms with Gasteiger partial charge in [0, 0.05) is 25.2 Å². The molecule has 0 bridgehead atoms. The van der Waals surface area contributed by atoms with Gasteiger partial charge in [-0.1, -0.05) is 6.07 Å². The summed E-state index contributed by atoms with van der Waals surface area (Å²) in [5, 5.41) is 13.7. The lowest BCUT2D eigenvalue weighted by atomic mass is 10.0. The molecule has 1 atom stereocenters. The minimum Gasteiger partial charge on any atom is -0.350 e. The Balaban J connectivity index is 1.46. The van der Waals surface area contributed by atoms with Gasteiger partial charge in [0.15, 0.2) is 0 Å². The zero-order valence-corrected chi connectivity index (χ0v) is 11.7. The number of rotatable bonds is 3. The molecular formula is C14H14N6O2. The molecule has 1 aliphatic heterocycles. The molecule has 3 heterocycles. The van der Waals surface area contributed by atoms with Crippen LogP contribution in [0.5, 0.6) is 0 Å². The van der Waals surface area contributed by atoms with Crippen LogP contribution in [0, 0.1) is 0 Å². The highest BCUT2D eigenvalue weighted by Crippen LogP contribution is 2.19. The van der Waals surface area contributed by atoms with Crippen LogP contribution in [0.1, 0.15) is 23.0 Å². The lowest BCUT2D eigenvalue weighted by molar-refractivity contribution is -0.123. The molecule has 3 aromatic rings. The van der Waals surface area contributed by atoms with Crippen LogP contribution in [0.15, 0.2) is 29.2 Å². The van der Waals surface area contributed by atoms with Crippen molar-refractivity contribution in [1.29, 1.82) is 0 Å². The zero-order chi connectivity index (χ0) is 14.9. The van der Waals surface area contributed by atoms with Crippen LogP contribution in [0.3, 0.4) is 0 Å². The van der Waals surface area contributed by atoms with Gasteiger partial charge >= 0.3 is 0 Å². The average molecular weight is 298 g/mol. The summed E-state index contributed by atoms with van der Waals surface area (Å²) < 4.78 is 4.66. The largest absolute Gasteiger partial charge is 0.350 e. The van der Waals surface area contributed by atoms with Gasteiger partial charge < -0.3 is 15.6 Å². The normalized spacial score (nSPS) is 17.4. The van der Waals surface area contributed by atoms with E-state index in [9.17, 15) is 4.79 Å². The maximum atomic E-state index is 12.4. The first kappa shape index (κ1) is 13.0. The number of benzene rings is 1. The van der Waals surface area contributed by atoms with Crippen LogP contribution in [0.4, 0.5) is 0 Å². The van der Waals surface area contributed by atoms with E-state index in [-0.39, 0.29) is 5.91 Å². The Morgan fingerprint density at radius 3 is 3.23 bits per heavy atom. The van der Waals surface area contributed by atoms with Crippen molar-refractivity contribution in [2.24, 2.45) is 0 Å². The Bertz CT molecular complexity index is 823. The molecule has 8 nitrogen and oxygen atoms in total. The first-order chi connectivity index (χ1) is 10.8. The van der Waals surface area contributed by atoms with Gasteiger partial charge in [-0.15, -0.1) is 0 Å². The fourth-order valence-corrected chi connectivity index (χ4v) is 2.66. The van der Waals surface area contributed by atoms with Crippen LogP contribution in [0.25, 0.3) is 11.0 Å². The Hall–Kier alpha value is -2.74. The SMILES string of the molecule is O=C(NCc1ccc2nonc2c1)[C@H]1NCCc2[nH]cnc21. The predicted octanol–water partition coefficient (Wildman–Crippen LogP) is 0.449. The molecule has 0 saturated carbocycles. The summed E-state index contributed by atoms with van der Waals surface area (Å²) in [4.78, 5) is 19.7.